The van der Waals surface area contributed by atoms with Crippen molar-refractivity contribution in [2.24, 2.45) is 5.16 Å². The van der Waals surface area contributed by atoms with Gasteiger partial charge in [-0.25, -0.2) is 13.9 Å². The fraction of sp³-hybridized carbons (Fsp3) is 0.333. The molecular weight excluding hydrogens is 365 g/mol. The Morgan fingerprint density at radius 1 is 1.36 bits per heavy atom. The van der Waals surface area contributed by atoms with Crippen molar-refractivity contribution >= 4 is 17.3 Å². The van der Waals surface area contributed by atoms with E-state index in [1.165, 1.54) is 6.07 Å². The van der Waals surface area contributed by atoms with Crippen molar-refractivity contribution in [1.29, 1.82) is 0 Å². The molecule has 0 aliphatic carbocycles. The van der Waals surface area contributed by atoms with E-state index in [0.717, 1.165) is 6.20 Å². The standard InChI is InChI=1S/C18H20FN7O2/c1-10(12-7-11(19)8-21-15(12)20-4)27-14-5-6-26-17(23-14)13(9-22-26)16-24-18(2,3)28-25-16/h5-10H,1-4H3,(H,20,21)(H,24,25). The highest BCUT2D eigenvalue weighted by atomic mass is 19.1. The van der Waals surface area contributed by atoms with Crippen molar-refractivity contribution in [2.45, 2.75) is 32.6 Å². The van der Waals surface area contributed by atoms with E-state index < -0.39 is 17.6 Å². The van der Waals surface area contributed by atoms with Gasteiger partial charge in [-0.1, -0.05) is 5.16 Å². The van der Waals surface area contributed by atoms with Crippen LogP contribution in [-0.4, -0.2) is 38.2 Å². The van der Waals surface area contributed by atoms with E-state index >= 15 is 0 Å². The molecule has 3 aromatic heterocycles. The smallest absolute Gasteiger partial charge is 0.217 e. The number of nitrogens with zero attached hydrogens (tertiary/aromatic N) is 5. The van der Waals surface area contributed by atoms with Crippen LogP contribution in [-0.2, 0) is 4.84 Å². The number of nitrogens with one attached hydrogen (secondary N) is 2. The van der Waals surface area contributed by atoms with E-state index in [1.54, 1.807) is 36.9 Å². The number of aromatic nitrogens is 4. The highest BCUT2D eigenvalue weighted by Gasteiger charge is 2.30. The summed E-state index contributed by atoms with van der Waals surface area (Å²) in [6, 6.07) is 3.08. The van der Waals surface area contributed by atoms with Crippen molar-refractivity contribution < 1.29 is 14.0 Å². The minimum absolute atomic E-state index is 0.367. The molecule has 146 valence electrons. The molecule has 0 fully saturated rings. The topological polar surface area (TPSA) is 98.0 Å². The maximum Gasteiger partial charge on any atom is 0.217 e. The van der Waals surface area contributed by atoms with E-state index in [0.29, 0.717) is 34.3 Å². The highest BCUT2D eigenvalue weighted by molar-refractivity contribution is 6.04. The number of halogens is 1. The molecule has 0 bridgehead atoms. The number of ether oxygens (including phenoxy) is 1. The minimum Gasteiger partial charge on any atom is -0.470 e. The Morgan fingerprint density at radius 3 is 2.89 bits per heavy atom. The zero-order chi connectivity index (χ0) is 19.9. The molecule has 9 nitrogen and oxygen atoms in total. The van der Waals surface area contributed by atoms with Gasteiger partial charge in [-0.3, -0.25) is 0 Å². The Bertz CT molecular complexity index is 1060. The third kappa shape index (κ3) is 3.28. The molecule has 0 aromatic carbocycles. The Balaban J connectivity index is 1.64. The number of pyridine rings is 1. The van der Waals surface area contributed by atoms with Gasteiger partial charge in [0.05, 0.1) is 18.0 Å². The molecule has 0 saturated heterocycles. The van der Waals surface area contributed by atoms with Gasteiger partial charge in [-0.2, -0.15) is 10.1 Å². The molecule has 2 N–H and O–H groups in total. The van der Waals surface area contributed by atoms with Crippen LogP contribution in [0.3, 0.4) is 0 Å². The number of hydrogen-bond acceptors (Lipinski definition) is 8. The van der Waals surface area contributed by atoms with Gasteiger partial charge < -0.3 is 20.2 Å². The van der Waals surface area contributed by atoms with Crippen LogP contribution < -0.4 is 15.4 Å². The number of rotatable bonds is 5. The fourth-order valence-electron chi connectivity index (χ4n) is 2.91. The van der Waals surface area contributed by atoms with Crippen molar-refractivity contribution in [3.63, 3.8) is 0 Å². The van der Waals surface area contributed by atoms with E-state index in [1.807, 2.05) is 13.8 Å². The van der Waals surface area contributed by atoms with E-state index in [4.69, 9.17) is 9.57 Å². The number of amidine groups is 1. The summed E-state index contributed by atoms with van der Waals surface area (Å²) in [7, 11) is 1.72. The molecule has 0 amide bonds. The van der Waals surface area contributed by atoms with Crippen LogP contribution in [0.1, 0.15) is 38.0 Å². The van der Waals surface area contributed by atoms with Gasteiger partial charge in [0, 0.05) is 24.9 Å². The zero-order valence-electron chi connectivity index (χ0n) is 15.9. The largest absolute Gasteiger partial charge is 0.470 e. The SMILES string of the molecule is CNc1ncc(F)cc1C(C)Oc1ccn2ncc(C3=NOC(C)(C)N3)c2n1. The Kier molecular flexibility index (Phi) is 4.25. The third-order valence-corrected chi connectivity index (χ3v) is 4.24. The molecule has 1 aliphatic heterocycles. The molecular formula is C18H20FN7O2. The summed E-state index contributed by atoms with van der Waals surface area (Å²) in [6.07, 6.45) is 4.07. The lowest BCUT2D eigenvalue weighted by molar-refractivity contribution is -0.00234. The predicted octanol–water partition coefficient (Wildman–Crippen LogP) is 2.46. The Morgan fingerprint density at radius 2 is 2.18 bits per heavy atom. The van der Waals surface area contributed by atoms with Crippen molar-refractivity contribution in [1.82, 2.24) is 24.9 Å². The first-order chi connectivity index (χ1) is 13.4. The second kappa shape index (κ2) is 6.63. The molecule has 0 saturated carbocycles. The first kappa shape index (κ1) is 18.0. The quantitative estimate of drug-likeness (QED) is 0.696. The van der Waals surface area contributed by atoms with Gasteiger partial charge in [-0.05, 0) is 26.8 Å². The van der Waals surface area contributed by atoms with E-state index in [-0.39, 0.29) is 0 Å². The molecule has 4 rings (SSSR count). The molecule has 0 spiro atoms. The van der Waals surface area contributed by atoms with Crippen molar-refractivity contribution in [3.8, 4) is 5.88 Å². The highest BCUT2D eigenvalue weighted by Crippen LogP contribution is 2.26. The monoisotopic (exact) mass is 385 g/mol. The van der Waals surface area contributed by atoms with Crippen molar-refractivity contribution in [2.75, 3.05) is 12.4 Å². The minimum atomic E-state index is -0.597. The van der Waals surface area contributed by atoms with Crippen molar-refractivity contribution in [3.05, 3.63) is 47.7 Å². The third-order valence-electron chi connectivity index (χ3n) is 4.24. The van der Waals surface area contributed by atoms with Crippen LogP contribution in [0.2, 0.25) is 0 Å². The molecule has 1 atom stereocenters. The first-order valence-corrected chi connectivity index (χ1v) is 8.75. The summed E-state index contributed by atoms with van der Waals surface area (Å²) < 4.78 is 21.2. The molecule has 1 unspecified atom stereocenters. The molecule has 1 aliphatic rings. The van der Waals surface area contributed by atoms with Crippen LogP contribution >= 0.6 is 0 Å². The molecule has 3 aromatic rings. The second-order valence-corrected chi connectivity index (χ2v) is 6.86. The van der Waals surface area contributed by atoms with Crippen LogP contribution in [0.5, 0.6) is 5.88 Å². The predicted molar refractivity (Wildman–Crippen MR) is 101 cm³/mol. The summed E-state index contributed by atoms with van der Waals surface area (Å²) >= 11 is 0. The first-order valence-electron chi connectivity index (χ1n) is 8.75. The van der Waals surface area contributed by atoms with Gasteiger partial charge in [-0.15, -0.1) is 0 Å². The van der Waals surface area contributed by atoms with Crippen LogP contribution in [0.4, 0.5) is 10.2 Å². The maximum atomic E-state index is 13.6. The number of fused-ring (bicyclic) bond motifs is 1. The lowest BCUT2D eigenvalue weighted by Gasteiger charge is -2.17. The molecule has 10 heteroatoms. The lowest BCUT2D eigenvalue weighted by Crippen LogP contribution is -2.38. The molecule has 4 heterocycles. The van der Waals surface area contributed by atoms with Gasteiger partial charge in [0.25, 0.3) is 0 Å². The summed E-state index contributed by atoms with van der Waals surface area (Å²) in [4.78, 5) is 13.9. The number of hydrogen-bond donors (Lipinski definition) is 2. The van der Waals surface area contributed by atoms with Gasteiger partial charge in [0.1, 0.15) is 17.7 Å². The van der Waals surface area contributed by atoms with Gasteiger partial charge in [0.15, 0.2) is 11.5 Å². The van der Waals surface area contributed by atoms with Crippen LogP contribution in [0, 0.1) is 5.82 Å². The number of anilines is 1. The lowest BCUT2D eigenvalue weighted by atomic mass is 10.1. The van der Waals surface area contributed by atoms with E-state index in [9.17, 15) is 4.39 Å². The fourth-order valence-corrected chi connectivity index (χ4v) is 2.91. The normalized spacial score (nSPS) is 16.2. The second-order valence-electron chi connectivity index (χ2n) is 6.86. The van der Waals surface area contributed by atoms with Gasteiger partial charge >= 0.3 is 0 Å². The average Bonchev–Trinajstić information content (AvgIpc) is 3.24. The van der Waals surface area contributed by atoms with Gasteiger partial charge in [0.2, 0.25) is 11.6 Å². The summed E-state index contributed by atoms with van der Waals surface area (Å²) in [6.45, 7) is 5.54. The summed E-state index contributed by atoms with van der Waals surface area (Å²) in [5.41, 5.74) is 1.24. The summed E-state index contributed by atoms with van der Waals surface area (Å²) in [5, 5.41) is 14.5. The van der Waals surface area contributed by atoms with E-state index in [2.05, 4.69) is 30.9 Å². The molecule has 0 radical (unpaired) electrons. The van der Waals surface area contributed by atoms with Crippen LogP contribution in [0.25, 0.3) is 5.65 Å². The summed E-state index contributed by atoms with van der Waals surface area (Å²) in [5.74, 6) is 1.03. The Hall–Kier alpha value is -3.43. The van der Waals surface area contributed by atoms with Crippen LogP contribution in [0.15, 0.2) is 35.9 Å². The Labute approximate surface area is 160 Å². The maximum absolute atomic E-state index is 13.6. The zero-order valence-corrected chi connectivity index (χ0v) is 15.9. The number of oxime groups is 1. The molecule has 28 heavy (non-hydrogen) atoms. The average molecular weight is 385 g/mol.